The van der Waals surface area contributed by atoms with E-state index in [9.17, 15) is 4.79 Å². The van der Waals surface area contributed by atoms with Crippen LogP contribution in [0.4, 0.5) is 0 Å². The number of benzene rings is 1. The van der Waals surface area contributed by atoms with Crippen LogP contribution in [0.1, 0.15) is 63.9 Å². The number of hydrogen-bond acceptors (Lipinski definition) is 3. The Morgan fingerprint density at radius 2 is 1.91 bits per heavy atom. The van der Waals surface area contributed by atoms with Crippen molar-refractivity contribution in [2.24, 2.45) is 0 Å². The van der Waals surface area contributed by atoms with E-state index >= 15 is 0 Å². The topological polar surface area (TPSA) is 35.5 Å². The molecule has 1 heterocycles. The molecule has 0 bridgehead atoms. The predicted octanol–water partition coefficient (Wildman–Crippen LogP) is 4.97. The number of carbonyl (C=O) groups is 1. The monoisotopic (exact) mass is 302 g/mol. The molecule has 120 valence electrons. The van der Waals surface area contributed by atoms with Gasteiger partial charge in [0.05, 0.1) is 13.5 Å². The van der Waals surface area contributed by atoms with Crippen molar-refractivity contribution in [3.8, 4) is 5.75 Å². The van der Waals surface area contributed by atoms with Crippen molar-refractivity contribution in [3.63, 3.8) is 0 Å². The molecule has 3 nitrogen and oxygen atoms in total. The summed E-state index contributed by atoms with van der Waals surface area (Å²) in [5, 5.41) is 0. The zero-order valence-electron chi connectivity index (χ0n) is 13.9. The van der Waals surface area contributed by atoms with E-state index in [1.165, 1.54) is 24.0 Å². The smallest absolute Gasteiger partial charge is 0.315 e. The lowest BCUT2D eigenvalue weighted by atomic mass is 9.86. The first kappa shape index (κ1) is 16.6. The van der Waals surface area contributed by atoms with Gasteiger partial charge in [0.15, 0.2) is 0 Å². The highest BCUT2D eigenvalue weighted by Gasteiger charge is 2.29. The fourth-order valence-corrected chi connectivity index (χ4v) is 3.08. The van der Waals surface area contributed by atoms with E-state index in [2.05, 4.69) is 26.0 Å². The maximum absolute atomic E-state index is 11.8. The lowest BCUT2D eigenvalue weighted by Crippen LogP contribution is -2.03. The Balaban J connectivity index is 2.21. The van der Waals surface area contributed by atoms with Crippen molar-refractivity contribution in [1.29, 1.82) is 0 Å². The Morgan fingerprint density at radius 3 is 2.50 bits per heavy atom. The summed E-state index contributed by atoms with van der Waals surface area (Å²) in [5.41, 5.74) is 2.40. The van der Waals surface area contributed by atoms with Crippen LogP contribution in [0.3, 0.4) is 0 Å². The van der Waals surface area contributed by atoms with Crippen LogP contribution < -0.4 is 4.74 Å². The summed E-state index contributed by atoms with van der Waals surface area (Å²) in [6.07, 6.45) is 5.71. The lowest BCUT2D eigenvalue weighted by molar-refractivity contribution is -0.136. The molecule has 0 spiro atoms. The molecule has 1 aliphatic rings. The van der Waals surface area contributed by atoms with E-state index in [1.54, 1.807) is 7.11 Å². The lowest BCUT2D eigenvalue weighted by Gasteiger charge is -2.17. The van der Waals surface area contributed by atoms with E-state index in [0.717, 1.165) is 30.8 Å². The predicted molar refractivity (Wildman–Crippen MR) is 87.9 cm³/mol. The summed E-state index contributed by atoms with van der Waals surface area (Å²) in [4.78, 5) is 11.8. The first-order chi connectivity index (χ1) is 10.7. The molecule has 0 fully saturated rings. The summed E-state index contributed by atoms with van der Waals surface area (Å²) in [6, 6.07) is 8.14. The number of hydrogen-bond donors (Lipinski definition) is 0. The number of cyclic esters (lactones) is 1. The van der Waals surface area contributed by atoms with Crippen molar-refractivity contribution in [3.05, 3.63) is 41.2 Å². The number of esters is 1. The first-order valence-electron chi connectivity index (χ1n) is 8.26. The molecule has 0 aliphatic carbocycles. The average Bonchev–Trinajstić information content (AvgIpc) is 2.90. The van der Waals surface area contributed by atoms with E-state index in [0.29, 0.717) is 6.42 Å². The number of methoxy groups -OCH3 is 1. The second-order valence-corrected chi connectivity index (χ2v) is 5.79. The molecular formula is C19H26O3. The maximum atomic E-state index is 11.8. The van der Waals surface area contributed by atoms with Crippen LogP contribution in [-0.4, -0.2) is 13.1 Å². The third-order valence-corrected chi connectivity index (χ3v) is 4.28. The first-order valence-corrected chi connectivity index (χ1v) is 8.26. The third-order valence-electron chi connectivity index (χ3n) is 4.28. The van der Waals surface area contributed by atoms with Gasteiger partial charge in [-0.1, -0.05) is 38.8 Å². The fourth-order valence-electron chi connectivity index (χ4n) is 3.08. The highest BCUT2D eigenvalue weighted by Crippen LogP contribution is 2.38. The summed E-state index contributed by atoms with van der Waals surface area (Å²) in [5.74, 6) is 1.93. The summed E-state index contributed by atoms with van der Waals surface area (Å²) in [7, 11) is 1.67. The minimum absolute atomic E-state index is 0.103. The molecule has 22 heavy (non-hydrogen) atoms. The van der Waals surface area contributed by atoms with E-state index in [4.69, 9.17) is 9.47 Å². The maximum Gasteiger partial charge on any atom is 0.315 e. The van der Waals surface area contributed by atoms with Gasteiger partial charge in [0.25, 0.3) is 0 Å². The van der Waals surface area contributed by atoms with Crippen LogP contribution in [0.15, 0.2) is 35.6 Å². The molecule has 0 saturated carbocycles. The second kappa shape index (κ2) is 8.02. The fraction of sp³-hybridized carbons (Fsp3) is 0.526. The van der Waals surface area contributed by atoms with Gasteiger partial charge in [-0.25, -0.2) is 0 Å². The standard InChI is InChI=1S/C19H26O3/c1-4-6-7-8-18-17(13-19(20)22-18)16(5-2)14-9-11-15(21-3)12-10-14/h9-12,16H,4-8,13H2,1-3H3. The Morgan fingerprint density at radius 1 is 1.18 bits per heavy atom. The normalized spacial score (nSPS) is 15.9. The molecule has 2 rings (SSSR count). The molecule has 1 atom stereocenters. The van der Waals surface area contributed by atoms with Crippen LogP contribution in [0.5, 0.6) is 5.75 Å². The molecule has 1 aromatic rings. The molecule has 1 unspecified atom stereocenters. The molecule has 1 aliphatic heterocycles. The summed E-state index contributed by atoms with van der Waals surface area (Å²) < 4.78 is 10.7. The third kappa shape index (κ3) is 3.90. The average molecular weight is 302 g/mol. The van der Waals surface area contributed by atoms with Gasteiger partial charge in [-0.3, -0.25) is 4.79 Å². The Hall–Kier alpha value is -1.77. The number of ether oxygens (including phenoxy) is 2. The van der Waals surface area contributed by atoms with Crippen LogP contribution in [0, 0.1) is 0 Å². The SMILES string of the molecule is CCCCCC1=C(C(CC)c2ccc(OC)cc2)CC(=O)O1. The van der Waals surface area contributed by atoms with Gasteiger partial charge >= 0.3 is 5.97 Å². The highest BCUT2D eigenvalue weighted by molar-refractivity contribution is 5.77. The zero-order chi connectivity index (χ0) is 15.9. The van der Waals surface area contributed by atoms with E-state index in [1.807, 2.05) is 12.1 Å². The molecule has 3 heteroatoms. The van der Waals surface area contributed by atoms with Gasteiger partial charge in [0.2, 0.25) is 0 Å². The van der Waals surface area contributed by atoms with Gasteiger partial charge in [-0.05, 0) is 36.1 Å². The molecule has 0 aromatic heterocycles. The van der Waals surface area contributed by atoms with E-state index < -0.39 is 0 Å². The van der Waals surface area contributed by atoms with Gasteiger partial charge < -0.3 is 9.47 Å². The van der Waals surface area contributed by atoms with Crippen molar-refractivity contribution in [1.82, 2.24) is 0 Å². The molecular weight excluding hydrogens is 276 g/mol. The molecule has 1 aromatic carbocycles. The summed E-state index contributed by atoms with van der Waals surface area (Å²) >= 11 is 0. The minimum Gasteiger partial charge on any atom is -0.497 e. The van der Waals surface area contributed by atoms with E-state index in [-0.39, 0.29) is 11.9 Å². The Labute approximate surface area is 133 Å². The minimum atomic E-state index is -0.103. The Bertz CT molecular complexity index is 528. The largest absolute Gasteiger partial charge is 0.497 e. The van der Waals surface area contributed by atoms with Gasteiger partial charge in [0.1, 0.15) is 11.5 Å². The molecule has 0 N–H and O–H groups in total. The number of carbonyl (C=O) groups excluding carboxylic acids is 1. The summed E-state index contributed by atoms with van der Waals surface area (Å²) in [6.45, 7) is 4.34. The number of rotatable bonds is 8. The van der Waals surface area contributed by atoms with Gasteiger partial charge in [0, 0.05) is 12.3 Å². The molecule has 0 radical (unpaired) electrons. The van der Waals surface area contributed by atoms with Crippen LogP contribution in [0.25, 0.3) is 0 Å². The van der Waals surface area contributed by atoms with Gasteiger partial charge in [-0.2, -0.15) is 0 Å². The second-order valence-electron chi connectivity index (χ2n) is 5.79. The van der Waals surface area contributed by atoms with Crippen molar-refractivity contribution >= 4 is 5.97 Å². The van der Waals surface area contributed by atoms with Crippen molar-refractivity contribution < 1.29 is 14.3 Å². The van der Waals surface area contributed by atoms with Crippen molar-refractivity contribution in [2.75, 3.05) is 7.11 Å². The molecule has 0 amide bonds. The van der Waals surface area contributed by atoms with Crippen LogP contribution in [0.2, 0.25) is 0 Å². The van der Waals surface area contributed by atoms with Crippen LogP contribution >= 0.6 is 0 Å². The number of unbranched alkanes of at least 4 members (excludes halogenated alkanes) is 2. The Kier molecular flexibility index (Phi) is 6.05. The quantitative estimate of drug-likeness (QED) is 0.502. The zero-order valence-corrected chi connectivity index (χ0v) is 13.9. The highest BCUT2D eigenvalue weighted by atomic mass is 16.5. The van der Waals surface area contributed by atoms with Gasteiger partial charge in [-0.15, -0.1) is 0 Å². The molecule has 0 saturated heterocycles. The van der Waals surface area contributed by atoms with Crippen LogP contribution in [-0.2, 0) is 9.53 Å². The van der Waals surface area contributed by atoms with Crippen molar-refractivity contribution in [2.45, 2.75) is 58.3 Å². The number of allylic oxidation sites excluding steroid dienone is 1.